The number of hydrogen-bond acceptors (Lipinski definition) is 4. The minimum Gasteiger partial charge on any atom is -0.383 e. The molecular formula is C15H13BrN2O2S2. The molecule has 1 amide bonds. The fourth-order valence-electron chi connectivity index (χ4n) is 2.08. The van der Waals surface area contributed by atoms with Gasteiger partial charge in [0.25, 0.3) is 5.91 Å². The number of rotatable bonds is 4. The predicted molar refractivity (Wildman–Crippen MR) is 93.6 cm³/mol. The molecule has 0 fully saturated rings. The average molecular weight is 397 g/mol. The molecule has 0 bridgehead atoms. The molecule has 4 nitrogen and oxygen atoms in total. The van der Waals surface area contributed by atoms with Crippen molar-refractivity contribution in [3.63, 3.8) is 0 Å². The van der Waals surface area contributed by atoms with Crippen LogP contribution in [0.25, 0.3) is 10.2 Å². The molecule has 3 rings (SSSR count). The van der Waals surface area contributed by atoms with E-state index in [1.54, 1.807) is 13.2 Å². The molecule has 2 aromatic heterocycles. The Morgan fingerprint density at radius 1 is 1.27 bits per heavy atom. The number of ether oxygens (including phenoxy) is 1. The van der Waals surface area contributed by atoms with E-state index in [1.807, 2.05) is 34.9 Å². The Kier molecular flexibility index (Phi) is 4.87. The predicted octanol–water partition coefficient (Wildman–Crippen LogP) is 3.91. The summed E-state index contributed by atoms with van der Waals surface area (Å²) in [6.45, 7) is 1.24. The van der Waals surface area contributed by atoms with Gasteiger partial charge in [0.15, 0.2) is 4.80 Å². The highest BCUT2D eigenvalue weighted by atomic mass is 79.9. The van der Waals surface area contributed by atoms with Crippen molar-refractivity contribution >= 4 is 54.7 Å². The van der Waals surface area contributed by atoms with Gasteiger partial charge in [-0.2, -0.15) is 4.99 Å². The number of thiophene rings is 1. The number of hydrogen-bond donors (Lipinski definition) is 0. The molecule has 0 atom stereocenters. The van der Waals surface area contributed by atoms with E-state index in [0.717, 1.165) is 14.0 Å². The van der Waals surface area contributed by atoms with Gasteiger partial charge in [0.2, 0.25) is 0 Å². The lowest BCUT2D eigenvalue weighted by Crippen LogP contribution is -2.19. The van der Waals surface area contributed by atoms with Crippen molar-refractivity contribution in [2.24, 2.45) is 4.99 Å². The van der Waals surface area contributed by atoms with E-state index in [0.29, 0.717) is 22.8 Å². The largest absolute Gasteiger partial charge is 0.383 e. The van der Waals surface area contributed by atoms with Crippen molar-refractivity contribution in [1.29, 1.82) is 0 Å². The normalized spacial score (nSPS) is 12.2. The minimum absolute atomic E-state index is 0.214. The molecular weight excluding hydrogens is 384 g/mol. The van der Waals surface area contributed by atoms with E-state index in [4.69, 9.17) is 4.74 Å². The number of carbonyl (C=O) groups excluding carboxylic acids is 1. The Morgan fingerprint density at radius 3 is 2.82 bits per heavy atom. The van der Waals surface area contributed by atoms with Crippen molar-refractivity contribution in [2.45, 2.75) is 6.54 Å². The van der Waals surface area contributed by atoms with Crippen LogP contribution in [-0.2, 0) is 11.3 Å². The lowest BCUT2D eigenvalue weighted by Gasteiger charge is -2.03. The van der Waals surface area contributed by atoms with Crippen LogP contribution in [0.2, 0.25) is 0 Å². The average Bonchev–Trinajstić information content (AvgIpc) is 3.09. The summed E-state index contributed by atoms with van der Waals surface area (Å²) in [5.41, 5.74) is 1.07. The first-order chi connectivity index (χ1) is 10.7. The smallest absolute Gasteiger partial charge is 0.289 e. The van der Waals surface area contributed by atoms with E-state index >= 15 is 0 Å². The van der Waals surface area contributed by atoms with Gasteiger partial charge in [-0.15, -0.1) is 11.3 Å². The van der Waals surface area contributed by atoms with Gasteiger partial charge < -0.3 is 9.30 Å². The van der Waals surface area contributed by atoms with Crippen molar-refractivity contribution in [3.05, 3.63) is 49.9 Å². The second-order valence-corrected chi connectivity index (χ2v) is 7.99. The molecule has 0 spiro atoms. The monoisotopic (exact) mass is 396 g/mol. The highest BCUT2D eigenvalue weighted by molar-refractivity contribution is 9.11. The third-order valence-corrected chi connectivity index (χ3v) is 5.76. The number of methoxy groups -OCH3 is 1. The van der Waals surface area contributed by atoms with E-state index in [1.165, 1.54) is 22.7 Å². The third kappa shape index (κ3) is 3.22. The van der Waals surface area contributed by atoms with Gasteiger partial charge in [0, 0.05) is 13.7 Å². The number of para-hydroxylation sites is 1. The number of benzene rings is 1. The molecule has 0 unspecified atom stereocenters. The lowest BCUT2D eigenvalue weighted by molar-refractivity contribution is 0.100. The lowest BCUT2D eigenvalue weighted by atomic mass is 10.3. The van der Waals surface area contributed by atoms with Crippen LogP contribution < -0.4 is 4.80 Å². The summed E-state index contributed by atoms with van der Waals surface area (Å²) in [4.78, 5) is 18.0. The fourth-order valence-corrected chi connectivity index (χ4v) is 4.40. The maximum Gasteiger partial charge on any atom is 0.289 e. The second-order valence-electron chi connectivity index (χ2n) is 4.52. The van der Waals surface area contributed by atoms with Crippen LogP contribution in [0.4, 0.5) is 0 Å². The number of nitrogens with zero attached hydrogens (tertiary/aromatic N) is 2. The molecule has 7 heteroatoms. The van der Waals surface area contributed by atoms with Gasteiger partial charge in [-0.3, -0.25) is 4.79 Å². The van der Waals surface area contributed by atoms with Crippen molar-refractivity contribution in [3.8, 4) is 0 Å². The van der Waals surface area contributed by atoms with E-state index in [9.17, 15) is 4.79 Å². The third-order valence-electron chi connectivity index (χ3n) is 3.09. The minimum atomic E-state index is -0.214. The van der Waals surface area contributed by atoms with Crippen molar-refractivity contribution in [2.75, 3.05) is 13.7 Å². The molecule has 2 heterocycles. The van der Waals surface area contributed by atoms with Crippen LogP contribution in [0.5, 0.6) is 0 Å². The summed E-state index contributed by atoms with van der Waals surface area (Å²) in [7, 11) is 1.67. The van der Waals surface area contributed by atoms with Crippen molar-refractivity contribution < 1.29 is 9.53 Å². The van der Waals surface area contributed by atoms with E-state index < -0.39 is 0 Å². The van der Waals surface area contributed by atoms with Crippen LogP contribution in [0, 0.1) is 0 Å². The first kappa shape index (κ1) is 15.6. The molecule has 0 aliphatic heterocycles. The van der Waals surface area contributed by atoms with Crippen molar-refractivity contribution in [1.82, 2.24) is 4.57 Å². The molecule has 0 saturated carbocycles. The summed E-state index contributed by atoms with van der Waals surface area (Å²) in [5.74, 6) is -0.214. The Bertz CT molecular complexity index is 879. The van der Waals surface area contributed by atoms with Crippen LogP contribution in [0.15, 0.2) is 45.2 Å². The molecule has 114 valence electrons. The summed E-state index contributed by atoms with van der Waals surface area (Å²) >= 11 is 6.27. The number of aromatic nitrogens is 1. The second kappa shape index (κ2) is 6.87. The first-order valence-corrected chi connectivity index (χ1v) is 9.03. The van der Waals surface area contributed by atoms with Gasteiger partial charge in [-0.05, 0) is 40.2 Å². The quantitative estimate of drug-likeness (QED) is 0.670. The number of halogens is 1. The number of fused-ring (bicyclic) bond motifs is 1. The zero-order chi connectivity index (χ0) is 15.5. The van der Waals surface area contributed by atoms with Crippen LogP contribution in [0.3, 0.4) is 0 Å². The SMILES string of the molecule is COCCn1c(=NC(=O)c2ccc(Br)s2)sc2ccccc21. The molecule has 0 radical (unpaired) electrons. The Hall–Kier alpha value is -1.28. The number of thiazole rings is 1. The Morgan fingerprint density at radius 2 is 2.09 bits per heavy atom. The van der Waals surface area contributed by atoms with E-state index in [2.05, 4.69) is 20.9 Å². The maximum atomic E-state index is 12.3. The summed E-state index contributed by atoms with van der Waals surface area (Å²) in [6.07, 6.45) is 0. The number of carbonyl (C=O) groups is 1. The van der Waals surface area contributed by atoms with Crippen LogP contribution in [0.1, 0.15) is 9.67 Å². The van der Waals surface area contributed by atoms with Crippen LogP contribution in [-0.4, -0.2) is 24.2 Å². The summed E-state index contributed by atoms with van der Waals surface area (Å²) < 4.78 is 9.23. The maximum absolute atomic E-state index is 12.3. The Labute approximate surface area is 143 Å². The zero-order valence-corrected chi connectivity index (χ0v) is 15.0. The molecule has 3 aromatic rings. The standard InChI is InChI=1S/C15H13BrN2O2S2/c1-20-9-8-18-10-4-2-3-5-11(10)22-15(18)17-14(19)12-6-7-13(16)21-12/h2-7H,8-9H2,1H3. The topological polar surface area (TPSA) is 43.6 Å². The van der Waals surface area contributed by atoms with Gasteiger partial charge in [-0.25, -0.2) is 0 Å². The summed E-state index contributed by atoms with van der Waals surface area (Å²) in [5, 5.41) is 0. The van der Waals surface area contributed by atoms with Gasteiger partial charge in [0.05, 0.1) is 25.5 Å². The summed E-state index contributed by atoms with van der Waals surface area (Å²) in [6, 6.07) is 11.7. The van der Waals surface area contributed by atoms with Gasteiger partial charge in [0.1, 0.15) is 0 Å². The number of amides is 1. The zero-order valence-electron chi connectivity index (χ0n) is 11.8. The molecule has 1 aromatic carbocycles. The molecule has 0 N–H and O–H groups in total. The van der Waals surface area contributed by atoms with E-state index in [-0.39, 0.29) is 5.91 Å². The molecule has 0 saturated heterocycles. The van der Waals surface area contributed by atoms with Crippen LogP contribution >= 0.6 is 38.6 Å². The Balaban J connectivity index is 2.08. The highest BCUT2D eigenvalue weighted by Gasteiger charge is 2.10. The fraction of sp³-hybridized carbons (Fsp3) is 0.200. The highest BCUT2D eigenvalue weighted by Crippen LogP contribution is 2.23. The molecule has 0 aliphatic rings. The first-order valence-electron chi connectivity index (χ1n) is 6.61. The van der Waals surface area contributed by atoms with Gasteiger partial charge in [-0.1, -0.05) is 23.5 Å². The molecule has 22 heavy (non-hydrogen) atoms. The molecule has 0 aliphatic carbocycles. The van der Waals surface area contributed by atoms with Gasteiger partial charge >= 0.3 is 0 Å².